The highest BCUT2D eigenvalue weighted by Crippen LogP contribution is 2.22. The number of nitrogens with zero attached hydrogens (tertiary/aromatic N) is 2. The second-order valence-corrected chi connectivity index (χ2v) is 4.87. The molecule has 0 unspecified atom stereocenters. The van der Waals surface area contributed by atoms with Crippen molar-refractivity contribution in [3.8, 4) is 0 Å². The smallest absolute Gasteiger partial charge is 0.383 e. The molecule has 0 aliphatic rings. The van der Waals surface area contributed by atoms with E-state index in [0.717, 1.165) is 0 Å². The Bertz CT molecular complexity index is 653. The van der Waals surface area contributed by atoms with Crippen LogP contribution >= 0.6 is 15.9 Å². The van der Waals surface area contributed by atoms with E-state index in [2.05, 4.69) is 26.2 Å². The van der Waals surface area contributed by atoms with Crippen molar-refractivity contribution in [2.24, 2.45) is 0 Å². The van der Waals surface area contributed by atoms with E-state index in [-0.39, 0.29) is 11.5 Å². The van der Waals surface area contributed by atoms with Crippen molar-refractivity contribution in [2.45, 2.75) is 12.6 Å². The summed E-state index contributed by atoms with van der Waals surface area (Å²) < 4.78 is 38.1. The van der Waals surface area contributed by atoms with Crippen LogP contribution in [0.3, 0.4) is 0 Å². The molecule has 0 spiro atoms. The topological polar surface area (TPSA) is 72.4 Å². The molecule has 0 aliphatic heterocycles. The summed E-state index contributed by atoms with van der Waals surface area (Å²) in [5, 5.41) is 2.15. The number of nitrogens with one attached hydrogen (secondary N) is 1. The number of carbonyl (C=O) groups excluding carboxylic acids is 1. The molecule has 9 heteroatoms. The average molecular weight is 351 g/mol. The van der Waals surface area contributed by atoms with Gasteiger partial charge in [-0.2, -0.15) is 13.2 Å². The first kappa shape index (κ1) is 14.6. The molecule has 0 aromatic carbocycles. The number of nitrogen functional groups attached to an aromatic ring is 1. The Kier molecular flexibility index (Phi) is 3.89. The number of imidazole rings is 1. The molecule has 0 aliphatic carbocycles. The molecule has 0 saturated carbocycles. The lowest BCUT2D eigenvalue weighted by Gasteiger charge is -2.06. The molecule has 3 N–H and O–H groups in total. The summed E-state index contributed by atoms with van der Waals surface area (Å²) in [6.45, 7) is -0.517. The molecule has 0 saturated heterocycles. The van der Waals surface area contributed by atoms with Crippen LogP contribution in [0.4, 0.5) is 19.0 Å². The SMILES string of the molecule is Nc1c(C(=O)NCCC(F)(F)F)nc2c(Br)cccn12. The lowest BCUT2D eigenvalue weighted by atomic mass is 10.3. The van der Waals surface area contributed by atoms with Crippen LogP contribution in [0.15, 0.2) is 22.8 Å². The van der Waals surface area contributed by atoms with Crippen LogP contribution < -0.4 is 11.1 Å². The summed E-state index contributed by atoms with van der Waals surface area (Å²) >= 11 is 3.25. The van der Waals surface area contributed by atoms with Crippen LogP contribution in [0, 0.1) is 0 Å². The Balaban J connectivity index is 2.19. The van der Waals surface area contributed by atoms with E-state index in [1.807, 2.05) is 0 Å². The monoisotopic (exact) mass is 350 g/mol. The predicted molar refractivity (Wildman–Crippen MR) is 70.3 cm³/mol. The van der Waals surface area contributed by atoms with Crippen molar-refractivity contribution in [3.05, 3.63) is 28.5 Å². The Labute approximate surface area is 120 Å². The van der Waals surface area contributed by atoms with Gasteiger partial charge in [-0.05, 0) is 28.1 Å². The number of fused-ring (bicyclic) bond motifs is 1. The predicted octanol–water partition coefficient (Wildman–Crippen LogP) is 2.36. The molecule has 20 heavy (non-hydrogen) atoms. The molecule has 5 nitrogen and oxygen atoms in total. The quantitative estimate of drug-likeness (QED) is 0.892. The molecule has 2 rings (SSSR count). The van der Waals surface area contributed by atoms with Gasteiger partial charge in [0, 0.05) is 12.7 Å². The highest BCUT2D eigenvalue weighted by Gasteiger charge is 2.27. The molecular weight excluding hydrogens is 341 g/mol. The average Bonchev–Trinajstić information content (AvgIpc) is 2.67. The van der Waals surface area contributed by atoms with E-state index >= 15 is 0 Å². The summed E-state index contributed by atoms with van der Waals surface area (Å²) in [4.78, 5) is 15.8. The zero-order chi connectivity index (χ0) is 14.9. The van der Waals surface area contributed by atoms with E-state index < -0.39 is 25.0 Å². The Hall–Kier alpha value is -1.77. The van der Waals surface area contributed by atoms with E-state index in [1.165, 1.54) is 4.40 Å². The van der Waals surface area contributed by atoms with Crippen molar-refractivity contribution >= 4 is 33.3 Å². The molecule has 2 aromatic rings. The number of alkyl halides is 3. The van der Waals surface area contributed by atoms with E-state index in [1.54, 1.807) is 18.3 Å². The number of rotatable bonds is 3. The first-order valence-electron chi connectivity index (χ1n) is 5.56. The van der Waals surface area contributed by atoms with E-state index in [0.29, 0.717) is 10.1 Å². The summed E-state index contributed by atoms with van der Waals surface area (Å²) in [6.07, 6.45) is -3.81. The van der Waals surface area contributed by atoms with Crippen molar-refractivity contribution < 1.29 is 18.0 Å². The number of amides is 1. The van der Waals surface area contributed by atoms with Gasteiger partial charge >= 0.3 is 6.18 Å². The highest BCUT2D eigenvalue weighted by atomic mass is 79.9. The van der Waals surface area contributed by atoms with Crippen molar-refractivity contribution in [3.63, 3.8) is 0 Å². The van der Waals surface area contributed by atoms with Crippen LogP contribution in [0.2, 0.25) is 0 Å². The van der Waals surface area contributed by atoms with Crippen LogP contribution in [0.25, 0.3) is 5.65 Å². The van der Waals surface area contributed by atoms with Gasteiger partial charge in [0.25, 0.3) is 5.91 Å². The number of nitrogens with two attached hydrogens (primary N) is 1. The standard InChI is InChI=1S/C11H10BrF3N4O/c12-6-2-1-5-19-8(16)7(18-9(6)19)10(20)17-4-3-11(13,14)15/h1-2,5H,3-4,16H2,(H,17,20). The maximum absolute atomic E-state index is 12.0. The molecule has 0 radical (unpaired) electrons. The zero-order valence-electron chi connectivity index (χ0n) is 10.0. The van der Waals surface area contributed by atoms with Gasteiger partial charge in [-0.15, -0.1) is 0 Å². The molecule has 108 valence electrons. The molecule has 2 heterocycles. The van der Waals surface area contributed by atoms with Crippen LogP contribution in [0.1, 0.15) is 16.9 Å². The largest absolute Gasteiger partial charge is 0.390 e. The van der Waals surface area contributed by atoms with Gasteiger partial charge in [-0.3, -0.25) is 9.20 Å². The maximum Gasteiger partial charge on any atom is 0.390 e. The maximum atomic E-state index is 12.0. The van der Waals surface area contributed by atoms with Gasteiger partial charge in [0.2, 0.25) is 0 Å². The third-order valence-corrected chi connectivity index (χ3v) is 3.17. The Morgan fingerprint density at radius 1 is 1.50 bits per heavy atom. The second kappa shape index (κ2) is 5.31. The van der Waals surface area contributed by atoms with Crippen molar-refractivity contribution in [2.75, 3.05) is 12.3 Å². The number of hydrogen-bond donors (Lipinski definition) is 2. The second-order valence-electron chi connectivity index (χ2n) is 4.02. The number of aromatic nitrogens is 2. The minimum atomic E-state index is -4.32. The van der Waals surface area contributed by atoms with Gasteiger partial charge in [-0.1, -0.05) is 0 Å². The van der Waals surface area contributed by atoms with Gasteiger partial charge in [0.1, 0.15) is 5.82 Å². The first-order valence-corrected chi connectivity index (χ1v) is 6.36. The molecule has 0 atom stereocenters. The van der Waals surface area contributed by atoms with Crippen LogP contribution in [0.5, 0.6) is 0 Å². The number of pyridine rings is 1. The fraction of sp³-hybridized carbons (Fsp3) is 0.273. The first-order chi connectivity index (χ1) is 9.29. The van der Waals surface area contributed by atoms with E-state index in [4.69, 9.17) is 5.73 Å². The normalized spacial score (nSPS) is 11.8. The fourth-order valence-corrected chi connectivity index (χ4v) is 2.05. The van der Waals surface area contributed by atoms with Crippen molar-refractivity contribution in [1.29, 1.82) is 0 Å². The highest BCUT2D eigenvalue weighted by molar-refractivity contribution is 9.10. The number of hydrogen-bond acceptors (Lipinski definition) is 3. The van der Waals surface area contributed by atoms with Crippen molar-refractivity contribution in [1.82, 2.24) is 14.7 Å². The Morgan fingerprint density at radius 2 is 2.20 bits per heavy atom. The Morgan fingerprint density at radius 3 is 2.80 bits per heavy atom. The van der Waals surface area contributed by atoms with Crippen LogP contribution in [-0.4, -0.2) is 28.0 Å². The number of carbonyl (C=O) groups is 1. The van der Waals surface area contributed by atoms with Gasteiger partial charge in [-0.25, -0.2) is 4.98 Å². The number of anilines is 1. The number of halogens is 4. The van der Waals surface area contributed by atoms with Gasteiger partial charge in [0.15, 0.2) is 11.3 Å². The molecule has 0 bridgehead atoms. The van der Waals surface area contributed by atoms with E-state index in [9.17, 15) is 18.0 Å². The summed E-state index contributed by atoms with van der Waals surface area (Å²) in [7, 11) is 0. The minimum Gasteiger partial charge on any atom is -0.383 e. The molecule has 2 aromatic heterocycles. The lowest BCUT2D eigenvalue weighted by molar-refractivity contribution is -0.132. The third kappa shape index (κ3) is 3.03. The lowest BCUT2D eigenvalue weighted by Crippen LogP contribution is -2.28. The van der Waals surface area contributed by atoms with Gasteiger partial charge < -0.3 is 11.1 Å². The molecule has 0 fully saturated rings. The third-order valence-electron chi connectivity index (χ3n) is 2.55. The minimum absolute atomic E-state index is 0.0748. The zero-order valence-corrected chi connectivity index (χ0v) is 11.6. The fourth-order valence-electron chi connectivity index (χ4n) is 1.62. The summed E-state index contributed by atoms with van der Waals surface area (Å²) in [5.41, 5.74) is 6.09. The van der Waals surface area contributed by atoms with Gasteiger partial charge in [0.05, 0.1) is 10.9 Å². The summed E-state index contributed by atoms with van der Waals surface area (Å²) in [5.74, 6) is -0.659. The molecule has 1 amide bonds. The van der Waals surface area contributed by atoms with Crippen LogP contribution in [-0.2, 0) is 0 Å². The molecular formula is C11H10BrF3N4O. The summed E-state index contributed by atoms with van der Waals surface area (Å²) in [6, 6.07) is 3.41.